The molecule has 154 valence electrons. The van der Waals surface area contributed by atoms with Gasteiger partial charge in [0.05, 0.1) is 5.56 Å². The first-order chi connectivity index (χ1) is 14.0. The van der Waals surface area contributed by atoms with E-state index < -0.39 is 5.72 Å². The molecule has 29 heavy (non-hydrogen) atoms. The Balaban J connectivity index is 1.31. The van der Waals surface area contributed by atoms with Gasteiger partial charge in [0, 0.05) is 51.4 Å². The van der Waals surface area contributed by atoms with Gasteiger partial charge in [-0.2, -0.15) is 0 Å². The highest BCUT2D eigenvalue weighted by molar-refractivity contribution is 5.98. The molecule has 0 unspecified atom stereocenters. The number of carbonyl (C=O) groups excluding carboxylic acids is 3. The van der Waals surface area contributed by atoms with Crippen molar-refractivity contribution in [3.8, 4) is 5.75 Å². The molecule has 3 saturated carbocycles. The number of benzene rings is 1. The molecule has 4 fully saturated rings. The number of fused-ring (bicyclic) bond motifs is 3. The highest BCUT2D eigenvalue weighted by Crippen LogP contribution is 2.52. The van der Waals surface area contributed by atoms with Crippen LogP contribution >= 0.6 is 0 Å². The second kappa shape index (κ2) is 6.75. The zero-order chi connectivity index (χ0) is 20.2. The lowest BCUT2D eigenvalue weighted by molar-refractivity contribution is -0.158. The fourth-order valence-electron chi connectivity index (χ4n) is 5.74. The molecule has 3 amide bonds. The largest absolute Gasteiger partial charge is 0.467 e. The fourth-order valence-corrected chi connectivity index (χ4v) is 5.74. The lowest BCUT2D eigenvalue weighted by atomic mass is 9.59. The van der Waals surface area contributed by atoms with Crippen molar-refractivity contribution in [2.24, 2.45) is 17.8 Å². The monoisotopic (exact) mass is 397 g/mol. The highest BCUT2D eigenvalue weighted by atomic mass is 16.5. The molecule has 0 radical (unpaired) electrons. The Labute approximate surface area is 170 Å². The first-order valence-corrected chi connectivity index (χ1v) is 10.6. The molecule has 2 aliphatic heterocycles. The second-order valence-electron chi connectivity index (χ2n) is 8.85. The number of rotatable bonds is 1. The van der Waals surface area contributed by atoms with Gasteiger partial charge in [0.25, 0.3) is 5.91 Å². The summed E-state index contributed by atoms with van der Waals surface area (Å²) in [4.78, 5) is 41.2. The highest BCUT2D eigenvalue weighted by Gasteiger charge is 2.57. The molecule has 4 atom stereocenters. The number of amides is 3. The van der Waals surface area contributed by atoms with Crippen molar-refractivity contribution in [1.82, 2.24) is 15.1 Å². The molecule has 1 spiro atoms. The van der Waals surface area contributed by atoms with Crippen LogP contribution in [0.25, 0.3) is 0 Å². The first kappa shape index (κ1) is 18.5. The van der Waals surface area contributed by atoms with Crippen LogP contribution in [0.15, 0.2) is 24.3 Å². The number of nitrogens with zero attached hydrogens (tertiary/aromatic N) is 2. The molecule has 7 nitrogen and oxygen atoms in total. The van der Waals surface area contributed by atoms with Crippen molar-refractivity contribution >= 4 is 17.7 Å². The number of hydrogen-bond acceptors (Lipinski definition) is 4. The van der Waals surface area contributed by atoms with Crippen LogP contribution in [0.3, 0.4) is 0 Å². The van der Waals surface area contributed by atoms with E-state index in [2.05, 4.69) is 5.32 Å². The normalized spacial score (nSPS) is 33.1. The Morgan fingerprint density at radius 3 is 2.52 bits per heavy atom. The average Bonchev–Trinajstić information content (AvgIpc) is 2.73. The summed E-state index contributed by atoms with van der Waals surface area (Å²) in [6.45, 7) is 4.02. The maximum absolute atomic E-state index is 13.2. The second-order valence-corrected chi connectivity index (χ2v) is 8.85. The molecule has 1 saturated heterocycles. The minimum absolute atomic E-state index is 0.0130. The number of carbonyl (C=O) groups is 3. The third kappa shape index (κ3) is 2.98. The van der Waals surface area contributed by atoms with Gasteiger partial charge in [-0.25, -0.2) is 0 Å². The van der Waals surface area contributed by atoms with Gasteiger partial charge < -0.3 is 19.9 Å². The summed E-state index contributed by atoms with van der Waals surface area (Å²) < 4.78 is 6.38. The minimum atomic E-state index is -0.682. The maximum atomic E-state index is 13.2. The molecule has 0 aromatic heterocycles. The summed E-state index contributed by atoms with van der Waals surface area (Å²) in [5, 5.41) is 3.15. The van der Waals surface area contributed by atoms with Gasteiger partial charge in [-0.3, -0.25) is 14.4 Å². The quantitative estimate of drug-likeness (QED) is 0.781. The first-order valence-electron chi connectivity index (χ1n) is 10.6. The van der Waals surface area contributed by atoms with Gasteiger partial charge in [-0.05, 0) is 37.3 Å². The van der Waals surface area contributed by atoms with Gasteiger partial charge in [0.2, 0.25) is 11.8 Å². The molecule has 5 aliphatic rings. The van der Waals surface area contributed by atoms with Crippen molar-refractivity contribution in [2.45, 2.75) is 38.3 Å². The zero-order valence-electron chi connectivity index (χ0n) is 16.7. The van der Waals surface area contributed by atoms with E-state index in [4.69, 9.17) is 4.74 Å². The molecule has 1 aromatic carbocycles. The molecule has 2 heterocycles. The number of para-hydroxylation sites is 1. The molecule has 1 aromatic rings. The maximum Gasteiger partial charge on any atom is 0.258 e. The standard InChI is InChI=1S/C22H27N3O4/c1-14(26)24-8-10-25(11-9-24)21(28)18-12-16-7-6-15(18)13-22(16)23-20(27)17-4-2-3-5-19(17)29-22/h2-5,15-16,18H,6-13H2,1H3,(H,23,27)/t15-,16+,18+,22+/m0/s1. The lowest BCUT2D eigenvalue weighted by Crippen LogP contribution is -2.67. The van der Waals surface area contributed by atoms with Gasteiger partial charge in [0.15, 0.2) is 5.72 Å². The summed E-state index contributed by atoms with van der Waals surface area (Å²) >= 11 is 0. The summed E-state index contributed by atoms with van der Waals surface area (Å²) in [5.74, 6) is 1.18. The van der Waals surface area contributed by atoms with E-state index >= 15 is 0 Å². The number of nitrogens with one attached hydrogen (secondary N) is 1. The molecular formula is C22H27N3O4. The minimum Gasteiger partial charge on any atom is -0.467 e. The van der Waals surface area contributed by atoms with E-state index in [1.54, 1.807) is 17.9 Å². The van der Waals surface area contributed by atoms with E-state index in [9.17, 15) is 14.4 Å². The molecule has 1 N–H and O–H groups in total. The SMILES string of the molecule is CC(=O)N1CCN(C(=O)[C@@H]2C[C@H]3CC[C@H]2C[C@]32NC(=O)c3ccccc3O2)CC1. The van der Waals surface area contributed by atoms with Crippen LogP contribution in [0.5, 0.6) is 5.75 Å². The molecular weight excluding hydrogens is 370 g/mol. The van der Waals surface area contributed by atoms with Crippen molar-refractivity contribution in [3.63, 3.8) is 0 Å². The van der Waals surface area contributed by atoms with E-state index in [1.165, 1.54) is 0 Å². The van der Waals surface area contributed by atoms with Crippen LogP contribution < -0.4 is 10.1 Å². The van der Waals surface area contributed by atoms with Crippen molar-refractivity contribution in [2.75, 3.05) is 26.2 Å². The molecule has 7 heteroatoms. The van der Waals surface area contributed by atoms with Gasteiger partial charge in [-0.1, -0.05) is 12.1 Å². The van der Waals surface area contributed by atoms with E-state index in [1.807, 2.05) is 23.1 Å². The van der Waals surface area contributed by atoms with Gasteiger partial charge in [-0.15, -0.1) is 0 Å². The summed E-state index contributed by atoms with van der Waals surface area (Å²) in [6, 6.07) is 7.37. The Kier molecular flexibility index (Phi) is 4.29. The van der Waals surface area contributed by atoms with E-state index in [0.717, 1.165) is 19.3 Å². The predicted molar refractivity (Wildman–Crippen MR) is 105 cm³/mol. The topological polar surface area (TPSA) is 79.0 Å². The number of piperazine rings is 1. The van der Waals surface area contributed by atoms with Gasteiger partial charge >= 0.3 is 0 Å². The zero-order valence-corrected chi connectivity index (χ0v) is 16.7. The molecule has 6 rings (SSSR count). The predicted octanol–water partition coefficient (Wildman–Crippen LogP) is 1.63. The Bertz CT molecular complexity index is 863. The lowest BCUT2D eigenvalue weighted by Gasteiger charge is -2.55. The Hall–Kier alpha value is -2.57. The van der Waals surface area contributed by atoms with Crippen molar-refractivity contribution in [3.05, 3.63) is 29.8 Å². The summed E-state index contributed by atoms with van der Waals surface area (Å²) in [7, 11) is 0. The van der Waals surface area contributed by atoms with Crippen molar-refractivity contribution < 1.29 is 19.1 Å². The van der Waals surface area contributed by atoms with E-state index in [-0.39, 0.29) is 35.5 Å². The fraction of sp³-hybridized carbons (Fsp3) is 0.591. The Morgan fingerprint density at radius 2 is 1.83 bits per heavy atom. The average molecular weight is 397 g/mol. The summed E-state index contributed by atoms with van der Waals surface area (Å²) in [5.41, 5.74) is -0.103. The van der Waals surface area contributed by atoms with Crippen LogP contribution in [0, 0.1) is 17.8 Å². The smallest absolute Gasteiger partial charge is 0.258 e. The van der Waals surface area contributed by atoms with Crippen LogP contribution in [0.4, 0.5) is 0 Å². The molecule has 3 aliphatic carbocycles. The Morgan fingerprint density at radius 1 is 1.10 bits per heavy atom. The van der Waals surface area contributed by atoms with Crippen LogP contribution in [-0.4, -0.2) is 59.4 Å². The van der Waals surface area contributed by atoms with Crippen molar-refractivity contribution in [1.29, 1.82) is 0 Å². The van der Waals surface area contributed by atoms with Crippen LogP contribution in [0.2, 0.25) is 0 Å². The third-order valence-corrected chi connectivity index (χ3v) is 7.32. The van der Waals surface area contributed by atoms with Gasteiger partial charge in [0.1, 0.15) is 5.75 Å². The van der Waals surface area contributed by atoms with E-state index in [0.29, 0.717) is 43.9 Å². The third-order valence-electron chi connectivity index (χ3n) is 7.32. The molecule has 2 bridgehead atoms. The van der Waals surface area contributed by atoms with Crippen LogP contribution in [0.1, 0.15) is 43.0 Å². The summed E-state index contributed by atoms with van der Waals surface area (Å²) in [6.07, 6.45) is 3.40. The number of hydrogen-bond donors (Lipinski definition) is 1. The number of ether oxygens (including phenoxy) is 1. The van der Waals surface area contributed by atoms with Crippen LogP contribution in [-0.2, 0) is 9.59 Å².